The van der Waals surface area contributed by atoms with E-state index in [4.69, 9.17) is 16.3 Å². The molecule has 0 aliphatic carbocycles. The highest BCUT2D eigenvalue weighted by Crippen LogP contribution is 2.34. The Balaban J connectivity index is 2.13. The number of pyridine rings is 1. The average Bonchev–Trinajstić information content (AvgIpc) is 3.10. The van der Waals surface area contributed by atoms with Crippen LogP contribution in [0.2, 0.25) is 5.02 Å². The van der Waals surface area contributed by atoms with Gasteiger partial charge in [0.05, 0.1) is 16.5 Å². The number of hydrogen-bond acceptors (Lipinski definition) is 6. The van der Waals surface area contributed by atoms with Crippen molar-refractivity contribution < 1.29 is 14.3 Å². The molecule has 2 aromatic heterocycles. The van der Waals surface area contributed by atoms with Crippen molar-refractivity contribution in [1.82, 2.24) is 9.55 Å². The van der Waals surface area contributed by atoms with E-state index in [1.807, 2.05) is 6.92 Å². The van der Waals surface area contributed by atoms with Crippen LogP contribution < -0.4 is 5.56 Å². The maximum absolute atomic E-state index is 13.1. The van der Waals surface area contributed by atoms with E-state index >= 15 is 0 Å². The van der Waals surface area contributed by atoms with Crippen LogP contribution in [0, 0.1) is 6.92 Å². The van der Waals surface area contributed by atoms with Gasteiger partial charge in [0.25, 0.3) is 5.56 Å². The average molecular weight is 443 g/mol. The maximum atomic E-state index is 13.1. The smallest absolute Gasteiger partial charge is 0.330 e. The third-order valence-electron chi connectivity index (χ3n) is 4.25. The molecule has 154 valence electrons. The Morgan fingerprint density at radius 3 is 2.63 bits per heavy atom. The SMILES string of the molecule is CCOC(=O)/C=C/c1cc(=O)n(C)cc1-c1sc(C)nc1C(=O)c1ccc(Cl)cc1. The summed E-state index contributed by atoms with van der Waals surface area (Å²) in [4.78, 5) is 42.1. The first-order valence-corrected chi connectivity index (χ1v) is 10.3. The molecule has 0 N–H and O–H groups in total. The van der Waals surface area contributed by atoms with Crippen molar-refractivity contribution in [2.24, 2.45) is 7.05 Å². The summed E-state index contributed by atoms with van der Waals surface area (Å²) in [5.41, 5.74) is 1.62. The molecule has 0 aliphatic rings. The normalized spacial score (nSPS) is 11.1. The largest absolute Gasteiger partial charge is 0.463 e. The lowest BCUT2D eigenvalue weighted by Crippen LogP contribution is -2.16. The Bertz CT molecular complexity index is 1190. The standard InChI is InChI=1S/C22H19ClN2O4S/c1-4-29-19(27)10-7-15-11-18(26)25(3)12-17(15)22-20(24-13(2)30-22)21(28)14-5-8-16(23)9-6-14/h5-12H,4H2,1-3H3/b10-7+. The summed E-state index contributed by atoms with van der Waals surface area (Å²) in [6, 6.07) is 7.99. The molecule has 0 atom stereocenters. The number of hydrogen-bond donors (Lipinski definition) is 0. The summed E-state index contributed by atoms with van der Waals surface area (Å²) in [5.74, 6) is -0.762. The molecule has 0 amide bonds. The minimum Gasteiger partial charge on any atom is -0.463 e. The van der Waals surface area contributed by atoms with Gasteiger partial charge in [-0.1, -0.05) is 11.6 Å². The van der Waals surface area contributed by atoms with E-state index in [2.05, 4.69) is 4.98 Å². The van der Waals surface area contributed by atoms with Crippen LogP contribution >= 0.6 is 22.9 Å². The van der Waals surface area contributed by atoms with Crippen LogP contribution in [0.3, 0.4) is 0 Å². The van der Waals surface area contributed by atoms with Crippen molar-refractivity contribution in [2.75, 3.05) is 6.61 Å². The predicted octanol–water partition coefficient (Wildman–Crippen LogP) is 4.28. The van der Waals surface area contributed by atoms with Crippen LogP contribution in [-0.2, 0) is 16.6 Å². The first kappa shape index (κ1) is 21.7. The summed E-state index contributed by atoms with van der Waals surface area (Å²) in [5, 5.41) is 1.24. The van der Waals surface area contributed by atoms with Gasteiger partial charge in [-0.25, -0.2) is 9.78 Å². The van der Waals surface area contributed by atoms with Crippen LogP contribution in [-0.4, -0.2) is 27.9 Å². The van der Waals surface area contributed by atoms with E-state index in [1.165, 1.54) is 34.1 Å². The quantitative estimate of drug-likeness (QED) is 0.323. The second-order valence-corrected chi connectivity index (χ2v) is 8.06. The fourth-order valence-corrected chi connectivity index (χ4v) is 3.90. The summed E-state index contributed by atoms with van der Waals surface area (Å²) in [6.07, 6.45) is 4.41. The number of nitrogens with zero attached hydrogens (tertiary/aromatic N) is 2. The van der Waals surface area contributed by atoms with Gasteiger partial charge < -0.3 is 9.30 Å². The summed E-state index contributed by atoms with van der Waals surface area (Å²) in [6.45, 7) is 3.77. The Kier molecular flexibility index (Phi) is 6.64. The van der Waals surface area contributed by atoms with Gasteiger partial charge in [0.15, 0.2) is 0 Å². The monoisotopic (exact) mass is 442 g/mol. The molecular weight excluding hydrogens is 424 g/mol. The van der Waals surface area contributed by atoms with E-state index in [-0.39, 0.29) is 23.6 Å². The maximum Gasteiger partial charge on any atom is 0.330 e. The molecule has 6 nitrogen and oxygen atoms in total. The molecule has 3 aromatic rings. The molecule has 0 saturated carbocycles. The number of rotatable bonds is 6. The number of carbonyl (C=O) groups excluding carboxylic acids is 2. The Hall–Kier alpha value is -3.03. The fraction of sp³-hybridized carbons (Fsp3) is 0.182. The van der Waals surface area contributed by atoms with E-state index in [9.17, 15) is 14.4 Å². The van der Waals surface area contributed by atoms with Crippen molar-refractivity contribution in [2.45, 2.75) is 13.8 Å². The van der Waals surface area contributed by atoms with Crippen LogP contribution in [0.1, 0.15) is 33.5 Å². The van der Waals surface area contributed by atoms with Crippen LogP contribution in [0.5, 0.6) is 0 Å². The second-order valence-electron chi connectivity index (χ2n) is 6.42. The first-order valence-electron chi connectivity index (χ1n) is 9.13. The number of thiazole rings is 1. The van der Waals surface area contributed by atoms with Gasteiger partial charge in [0, 0.05) is 41.5 Å². The van der Waals surface area contributed by atoms with Gasteiger partial charge >= 0.3 is 5.97 Å². The Labute approximate surface area is 182 Å². The van der Waals surface area contributed by atoms with Crippen LogP contribution in [0.4, 0.5) is 0 Å². The van der Waals surface area contributed by atoms with Crippen molar-refractivity contribution in [1.29, 1.82) is 0 Å². The molecule has 2 heterocycles. The lowest BCUT2D eigenvalue weighted by Gasteiger charge is -2.09. The van der Waals surface area contributed by atoms with Gasteiger partial charge in [0.1, 0.15) is 5.69 Å². The molecule has 0 spiro atoms. The molecule has 0 radical (unpaired) electrons. The molecule has 8 heteroatoms. The number of ether oxygens (including phenoxy) is 1. The number of carbonyl (C=O) groups is 2. The third kappa shape index (κ3) is 4.75. The number of benzene rings is 1. The topological polar surface area (TPSA) is 78.3 Å². The minimum absolute atomic E-state index is 0.242. The second kappa shape index (κ2) is 9.19. The zero-order valence-electron chi connectivity index (χ0n) is 16.6. The number of aryl methyl sites for hydroxylation is 2. The Morgan fingerprint density at radius 2 is 1.97 bits per heavy atom. The van der Waals surface area contributed by atoms with Crippen LogP contribution in [0.15, 0.2) is 47.4 Å². The van der Waals surface area contributed by atoms with Gasteiger partial charge in [-0.05, 0) is 49.8 Å². The highest BCUT2D eigenvalue weighted by atomic mass is 35.5. The van der Waals surface area contributed by atoms with E-state index in [0.29, 0.717) is 31.6 Å². The first-order chi connectivity index (χ1) is 14.3. The van der Waals surface area contributed by atoms with Crippen molar-refractivity contribution in [3.8, 4) is 10.4 Å². The van der Waals surface area contributed by atoms with Crippen LogP contribution in [0.25, 0.3) is 16.5 Å². The zero-order valence-corrected chi connectivity index (χ0v) is 18.2. The van der Waals surface area contributed by atoms with Gasteiger partial charge in [-0.15, -0.1) is 11.3 Å². The molecule has 30 heavy (non-hydrogen) atoms. The van der Waals surface area contributed by atoms with Crippen molar-refractivity contribution in [3.63, 3.8) is 0 Å². The summed E-state index contributed by atoms with van der Waals surface area (Å²) < 4.78 is 6.33. The minimum atomic E-state index is -0.512. The molecule has 0 fully saturated rings. The predicted molar refractivity (Wildman–Crippen MR) is 118 cm³/mol. The molecule has 0 bridgehead atoms. The number of aromatic nitrogens is 2. The number of esters is 1. The number of ketones is 1. The number of halogens is 1. The van der Waals surface area contributed by atoms with Gasteiger partial charge in [0.2, 0.25) is 5.78 Å². The zero-order chi connectivity index (χ0) is 21.8. The van der Waals surface area contributed by atoms with E-state index in [1.54, 1.807) is 44.4 Å². The molecule has 0 unspecified atom stereocenters. The van der Waals surface area contributed by atoms with Gasteiger partial charge in [-0.3, -0.25) is 9.59 Å². The lowest BCUT2D eigenvalue weighted by atomic mass is 10.0. The van der Waals surface area contributed by atoms with E-state index in [0.717, 1.165) is 0 Å². The fourth-order valence-electron chi connectivity index (χ4n) is 2.82. The summed E-state index contributed by atoms with van der Waals surface area (Å²) >= 11 is 7.27. The van der Waals surface area contributed by atoms with Crippen molar-refractivity contribution >= 4 is 40.8 Å². The summed E-state index contributed by atoms with van der Waals surface area (Å²) in [7, 11) is 1.62. The molecule has 0 saturated heterocycles. The molecule has 3 rings (SSSR count). The molecular formula is C22H19ClN2O4S. The van der Waals surface area contributed by atoms with Gasteiger partial charge in [-0.2, -0.15) is 0 Å². The Morgan fingerprint density at radius 1 is 1.27 bits per heavy atom. The van der Waals surface area contributed by atoms with E-state index < -0.39 is 5.97 Å². The third-order valence-corrected chi connectivity index (χ3v) is 5.50. The lowest BCUT2D eigenvalue weighted by molar-refractivity contribution is -0.137. The highest BCUT2D eigenvalue weighted by molar-refractivity contribution is 7.15. The van der Waals surface area contributed by atoms with Crippen molar-refractivity contribution in [3.05, 3.63) is 79.8 Å². The highest BCUT2D eigenvalue weighted by Gasteiger charge is 2.22. The molecule has 0 aliphatic heterocycles. The molecule has 1 aromatic carbocycles.